The Morgan fingerprint density at radius 1 is 1.46 bits per heavy atom. The number of nitrogens with two attached hydrogens (primary N) is 1. The maximum atomic E-state index is 13.0. The number of hydrogen-bond donors (Lipinski definition) is 1. The number of benzene rings is 1. The highest BCUT2D eigenvalue weighted by atomic mass is 35.5. The molecule has 0 aliphatic carbocycles. The van der Waals surface area contributed by atoms with Crippen molar-refractivity contribution in [2.24, 2.45) is 5.73 Å². The zero-order chi connectivity index (χ0) is 17.8. The van der Waals surface area contributed by atoms with Crippen LogP contribution in [0.15, 0.2) is 28.8 Å². The molecule has 0 saturated carbocycles. The minimum Gasteiger partial charge on any atom is -0.383 e. The molecule has 2 aromatic rings. The van der Waals surface area contributed by atoms with Crippen molar-refractivity contribution < 1.29 is 18.4 Å². The Morgan fingerprint density at radius 2 is 2.19 bits per heavy atom. The number of piperidine rings is 1. The van der Waals surface area contributed by atoms with Crippen molar-refractivity contribution in [2.75, 3.05) is 26.8 Å². The van der Waals surface area contributed by atoms with Gasteiger partial charge in [-0.1, -0.05) is 5.16 Å². The molecular formula is C17H22ClFN4O3. The summed E-state index contributed by atoms with van der Waals surface area (Å²) in [5, 5.41) is 3.97. The summed E-state index contributed by atoms with van der Waals surface area (Å²) in [4.78, 5) is 18.5. The Bertz CT molecular complexity index is 725. The van der Waals surface area contributed by atoms with Crippen molar-refractivity contribution in [3.8, 4) is 11.4 Å². The van der Waals surface area contributed by atoms with E-state index in [9.17, 15) is 9.18 Å². The number of aromatic nitrogens is 2. The molecule has 0 radical (unpaired) electrons. The van der Waals surface area contributed by atoms with Gasteiger partial charge in [0.1, 0.15) is 11.9 Å². The van der Waals surface area contributed by atoms with Gasteiger partial charge >= 0.3 is 0 Å². The minimum atomic E-state index is -0.666. The number of ether oxygens (including phenoxy) is 1. The second-order valence-corrected chi connectivity index (χ2v) is 6.15. The molecule has 9 heteroatoms. The van der Waals surface area contributed by atoms with Gasteiger partial charge in [-0.2, -0.15) is 4.98 Å². The van der Waals surface area contributed by atoms with Crippen molar-refractivity contribution in [1.29, 1.82) is 0 Å². The molecule has 2 N–H and O–H groups in total. The fraction of sp³-hybridized carbons (Fsp3) is 0.471. The molecule has 1 aliphatic rings. The zero-order valence-corrected chi connectivity index (χ0v) is 15.2. The second kappa shape index (κ2) is 9.07. The first-order valence-electron chi connectivity index (χ1n) is 8.21. The Morgan fingerprint density at radius 3 is 2.88 bits per heavy atom. The number of rotatable bonds is 5. The van der Waals surface area contributed by atoms with Gasteiger partial charge in [-0.25, -0.2) is 4.39 Å². The van der Waals surface area contributed by atoms with E-state index >= 15 is 0 Å². The monoisotopic (exact) mass is 384 g/mol. The fourth-order valence-corrected chi connectivity index (χ4v) is 2.98. The number of carbonyl (C=O) groups excluding carboxylic acids is 1. The van der Waals surface area contributed by atoms with Crippen LogP contribution in [0.2, 0.25) is 0 Å². The molecule has 7 nitrogen and oxygen atoms in total. The predicted octanol–water partition coefficient (Wildman–Crippen LogP) is 1.98. The van der Waals surface area contributed by atoms with Crippen LogP contribution in [0.25, 0.3) is 11.4 Å². The standard InChI is InChI=1S/C17H21FN4O3.ClH/c1-24-10-14(19)17(23)22-8-2-3-12(9-22)16-20-15(21-25-16)11-4-6-13(18)7-5-11;/h4-7,12,14H,2-3,8-10,19H2,1H3;1H. The summed E-state index contributed by atoms with van der Waals surface area (Å²) in [5.41, 5.74) is 6.52. The number of carbonyl (C=O) groups is 1. The van der Waals surface area contributed by atoms with E-state index in [4.69, 9.17) is 15.0 Å². The van der Waals surface area contributed by atoms with Gasteiger partial charge in [0, 0.05) is 25.8 Å². The molecule has 2 heterocycles. The van der Waals surface area contributed by atoms with E-state index < -0.39 is 6.04 Å². The summed E-state index contributed by atoms with van der Waals surface area (Å²) >= 11 is 0. The number of amides is 1. The Labute approximate surface area is 157 Å². The molecule has 142 valence electrons. The molecule has 2 unspecified atom stereocenters. The maximum absolute atomic E-state index is 13.0. The third kappa shape index (κ3) is 4.57. The molecule has 0 bridgehead atoms. The van der Waals surface area contributed by atoms with Crippen molar-refractivity contribution in [1.82, 2.24) is 15.0 Å². The highest BCUT2D eigenvalue weighted by Crippen LogP contribution is 2.27. The quantitative estimate of drug-likeness (QED) is 0.847. The zero-order valence-electron chi connectivity index (χ0n) is 14.4. The van der Waals surface area contributed by atoms with E-state index in [1.165, 1.54) is 19.2 Å². The lowest BCUT2D eigenvalue weighted by Crippen LogP contribution is -2.49. The lowest BCUT2D eigenvalue weighted by molar-refractivity contribution is -0.135. The van der Waals surface area contributed by atoms with Gasteiger partial charge in [0.25, 0.3) is 0 Å². The molecule has 1 aromatic carbocycles. The average Bonchev–Trinajstić information content (AvgIpc) is 3.12. The Balaban J connectivity index is 0.00000243. The number of likely N-dealkylation sites (tertiary alicyclic amines) is 1. The molecule has 0 spiro atoms. The smallest absolute Gasteiger partial charge is 0.241 e. The van der Waals surface area contributed by atoms with Crippen LogP contribution in [-0.4, -0.2) is 53.8 Å². The molecule has 1 amide bonds. The third-order valence-corrected chi connectivity index (χ3v) is 4.29. The summed E-state index contributed by atoms with van der Waals surface area (Å²) in [7, 11) is 1.52. The summed E-state index contributed by atoms with van der Waals surface area (Å²) in [5.74, 6) is 0.409. The van der Waals surface area contributed by atoms with Gasteiger partial charge in [0.15, 0.2) is 0 Å². The van der Waals surface area contributed by atoms with Crippen LogP contribution in [0, 0.1) is 5.82 Å². The summed E-state index contributed by atoms with van der Waals surface area (Å²) in [6, 6.07) is 5.24. The van der Waals surface area contributed by atoms with E-state index in [0.29, 0.717) is 30.4 Å². The normalized spacial score (nSPS) is 18.3. The third-order valence-electron chi connectivity index (χ3n) is 4.29. The second-order valence-electron chi connectivity index (χ2n) is 6.15. The van der Waals surface area contributed by atoms with Crippen molar-refractivity contribution in [3.63, 3.8) is 0 Å². The summed E-state index contributed by atoms with van der Waals surface area (Å²) in [6.45, 7) is 1.34. The lowest BCUT2D eigenvalue weighted by Gasteiger charge is -2.32. The van der Waals surface area contributed by atoms with Crippen LogP contribution in [-0.2, 0) is 9.53 Å². The first-order chi connectivity index (χ1) is 12.1. The van der Waals surface area contributed by atoms with Crippen LogP contribution in [0.4, 0.5) is 4.39 Å². The molecule has 2 atom stereocenters. The SMILES string of the molecule is COCC(N)C(=O)N1CCCC(c2nc(-c3ccc(F)cc3)no2)C1.Cl. The molecule has 3 rings (SSSR count). The maximum Gasteiger partial charge on any atom is 0.241 e. The molecule has 1 aliphatic heterocycles. The highest BCUT2D eigenvalue weighted by molar-refractivity contribution is 5.85. The van der Waals surface area contributed by atoms with E-state index in [0.717, 1.165) is 12.8 Å². The van der Waals surface area contributed by atoms with Crippen LogP contribution in [0.5, 0.6) is 0 Å². The van der Waals surface area contributed by atoms with Crippen LogP contribution >= 0.6 is 12.4 Å². The Kier molecular flexibility index (Phi) is 7.07. The highest BCUT2D eigenvalue weighted by Gasteiger charge is 2.30. The topological polar surface area (TPSA) is 94.5 Å². The van der Waals surface area contributed by atoms with E-state index in [-0.39, 0.29) is 36.7 Å². The van der Waals surface area contributed by atoms with Crippen molar-refractivity contribution in [3.05, 3.63) is 36.0 Å². The lowest BCUT2D eigenvalue weighted by atomic mass is 9.97. The summed E-state index contributed by atoms with van der Waals surface area (Å²) < 4.78 is 23.3. The van der Waals surface area contributed by atoms with E-state index in [1.54, 1.807) is 17.0 Å². The molecular weight excluding hydrogens is 363 g/mol. The number of hydrogen-bond acceptors (Lipinski definition) is 6. The number of halogens is 2. The van der Waals surface area contributed by atoms with Gasteiger partial charge in [-0.15, -0.1) is 12.4 Å². The molecule has 1 fully saturated rings. The number of methoxy groups -OCH3 is 1. The van der Waals surface area contributed by atoms with Gasteiger partial charge in [0.05, 0.1) is 12.5 Å². The van der Waals surface area contributed by atoms with Gasteiger partial charge in [-0.3, -0.25) is 4.79 Å². The van der Waals surface area contributed by atoms with Crippen molar-refractivity contribution >= 4 is 18.3 Å². The fourth-order valence-electron chi connectivity index (χ4n) is 2.98. The van der Waals surface area contributed by atoms with Gasteiger partial charge in [0.2, 0.25) is 17.6 Å². The van der Waals surface area contributed by atoms with Crippen LogP contribution in [0.1, 0.15) is 24.7 Å². The predicted molar refractivity (Wildman–Crippen MR) is 95.3 cm³/mol. The van der Waals surface area contributed by atoms with E-state index in [2.05, 4.69) is 10.1 Å². The first-order valence-corrected chi connectivity index (χ1v) is 8.21. The molecule has 1 saturated heterocycles. The van der Waals surface area contributed by atoms with Crippen LogP contribution in [0.3, 0.4) is 0 Å². The van der Waals surface area contributed by atoms with E-state index in [1.807, 2.05) is 0 Å². The average molecular weight is 385 g/mol. The number of nitrogens with zero attached hydrogens (tertiary/aromatic N) is 3. The van der Waals surface area contributed by atoms with Gasteiger partial charge in [-0.05, 0) is 37.1 Å². The minimum absolute atomic E-state index is 0. The summed E-state index contributed by atoms with van der Waals surface area (Å²) in [6.07, 6.45) is 1.69. The largest absolute Gasteiger partial charge is 0.383 e. The molecule has 1 aromatic heterocycles. The van der Waals surface area contributed by atoms with Crippen LogP contribution < -0.4 is 5.73 Å². The molecule has 26 heavy (non-hydrogen) atoms. The first kappa shape index (κ1) is 20.3. The Hall–Kier alpha value is -2.03. The van der Waals surface area contributed by atoms with Crippen molar-refractivity contribution in [2.45, 2.75) is 24.8 Å². The van der Waals surface area contributed by atoms with Gasteiger partial charge < -0.3 is 19.9 Å².